The van der Waals surface area contributed by atoms with Crippen LogP contribution in [0, 0.1) is 13.8 Å². The van der Waals surface area contributed by atoms with Gasteiger partial charge in [-0.15, -0.1) is 0 Å². The Balaban J connectivity index is 1.79. The highest BCUT2D eigenvalue weighted by Gasteiger charge is 2.36. The summed E-state index contributed by atoms with van der Waals surface area (Å²) in [4.78, 5) is 20.7. The van der Waals surface area contributed by atoms with Crippen LogP contribution in [0.2, 0.25) is 0 Å². The van der Waals surface area contributed by atoms with Crippen molar-refractivity contribution in [3.05, 3.63) is 59.2 Å². The fraction of sp³-hybridized carbons (Fsp3) is 0.421. The van der Waals surface area contributed by atoms with Gasteiger partial charge in [0.15, 0.2) is 0 Å². The fourth-order valence-electron chi connectivity index (χ4n) is 3.32. The molecule has 0 spiro atoms. The smallest absolute Gasteiger partial charge is 0.271 e. The molecule has 0 aliphatic carbocycles. The summed E-state index contributed by atoms with van der Waals surface area (Å²) in [6.07, 6.45) is 4.94. The molecule has 0 radical (unpaired) electrons. The Bertz CT molecular complexity index is 707. The van der Waals surface area contributed by atoms with E-state index in [1.165, 1.54) is 17.3 Å². The number of carbonyl (C=O) groups is 1. The molecule has 0 atom stereocenters. The number of carbonyl (C=O) groups excluding carboxylic acids is 1. The third-order valence-corrected chi connectivity index (χ3v) is 4.77. The van der Waals surface area contributed by atoms with E-state index in [9.17, 15) is 4.79 Å². The minimum absolute atomic E-state index is 0.0859. The molecule has 5 heteroatoms. The molecule has 1 N–H and O–H groups in total. The number of nitrogens with zero attached hydrogens (tertiary/aromatic N) is 2. The van der Waals surface area contributed by atoms with E-state index in [1.54, 1.807) is 6.20 Å². The average Bonchev–Trinajstić information content (AvgIpc) is 2.61. The van der Waals surface area contributed by atoms with Gasteiger partial charge in [0.1, 0.15) is 5.69 Å². The molecule has 24 heavy (non-hydrogen) atoms. The van der Waals surface area contributed by atoms with Gasteiger partial charge in [-0.05, 0) is 37.8 Å². The first-order valence-corrected chi connectivity index (χ1v) is 8.31. The summed E-state index contributed by atoms with van der Waals surface area (Å²) in [5.74, 6) is -0.179. The summed E-state index contributed by atoms with van der Waals surface area (Å²) in [6, 6.07) is 8.40. The van der Waals surface area contributed by atoms with E-state index in [1.807, 2.05) is 13.0 Å². The van der Waals surface area contributed by atoms with E-state index < -0.39 is 0 Å². The van der Waals surface area contributed by atoms with Gasteiger partial charge in [-0.25, -0.2) is 4.98 Å². The lowest BCUT2D eigenvalue weighted by Gasteiger charge is -2.38. The maximum absolute atomic E-state index is 12.4. The molecule has 1 aliphatic heterocycles. The van der Waals surface area contributed by atoms with Gasteiger partial charge in [0, 0.05) is 31.4 Å². The molecule has 126 valence electrons. The zero-order valence-electron chi connectivity index (χ0n) is 14.2. The lowest BCUT2D eigenvalue weighted by molar-refractivity contribution is 0.0484. The van der Waals surface area contributed by atoms with Gasteiger partial charge in [0.05, 0.1) is 11.9 Å². The molecule has 1 aromatic heterocycles. The molecule has 1 saturated heterocycles. The molecule has 1 amide bonds. The Morgan fingerprint density at radius 3 is 2.58 bits per heavy atom. The molecule has 1 fully saturated rings. The molecular weight excluding hydrogens is 302 g/mol. The summed E-state index contributed by atoms with van der Waals surface area (Å²) in [5.41, 5.74) is 3.62. The monoisotopic (exact) mass is 325 g/mol. The number of ether oxygens (including phenoxy) is 1. The van der Waals surface area contributed by atoms with Crippen molar-refractivity contribution in [2.45, 2.75) is 32.1 Å². The van der Waals surface area contributed by atoms with Crippen LogP contribution in [-0.2, 0) is 10.2 Å². The van der Waals surface area contributed by atoms with E-state index in [2.05, 4.69) is 40.4 Å². The number of hydrogen-bond donors (Lipinski definition) is 1. The largest absolute Gasteiger partial charge is 0.381 e. The molecular formula is C19H23N3O2. The van der Waals surface area contributed by atoms with Gasteiger partial charge in [-0.2, -0.15) is 0 Å². The summed E-state index contributed by atoms with van der Waals surface area (Å²) in [6.45, 7) is 5.99. The third-order valence-electron chi connectivity index (χ3n) is 4.77. The fourth-order valence-corrected chi connectivity index (χ4v) is 3.32. The van der Waals surface area contributed by atoms with E-state index in [-0.39, 0.29) is 11.3 Å². The second-order valence-electron chi connectivity index (χ2n) is 6.43. The molecule has 2 heterocycles. The molecule has 3 rings (SSSR count). The zero-order valence-corrected chi connectivity index (χ0v) is 14.2. The Morgan fingerprint density at radius 2 is 1.92 bits per heavy atom. The van der Waals surface area contributed by atoms with Gasteiger partial charge in [0.25, 0.3) is 5.91 Å². The summed E-state index contributed by atoms with van der Waals surface area (Å²) >= 11 is 0. The van der Waals surface area contributed by atoms with E-state index in [0.717, 1.165) is 18.5 Å². The van der Waals surface area contributed by atoms with Gasteiger partial charge < -0.3 is 10.1 Å². The summed E-state index contributed by atoms with van der Waals surface area (Å²) in [7, 11) is 0. The van der Waals surface area contributed by atoms with Crippen LogP contribution in [-0.4, -0.2) is 35.6 Å². The highest BCUT2D eigenvalue weighted by molar-refractivity contribution is 5.91. The molecule has 1 aromatic carbocycles. The van der Waals surface area contributed by atoms with Crippen LogP contribution in [0.25, 0.3) is 0 Å². The zero-order chi connectivity index (χ0) is 17.0. The SMILES string of the molecule is Cc1cnc(C(=O)NCC2(c3ccccc3C)CCOCC2)cn1. The third kappa shape index (κ3) is 3.46. The van der Waals surface area contributed by atoms with Crippen LogP contribution in [0.4, 0.5) is 0 Å². The molecule has 0 saturated carbocycles. The predicted molar refractivity (Wildman–Crippen MR) is 92.0 cm³/mol. The predicted octanol–water partition coefficient (Wildman–Crippen LogP) is 2.57. The van der Waals surface area contributed by atoms with Gasteiger partial charge in [-0.3, -0.25) is 9.78 Å². The van der Waals surface area contributed by atoms with Crippen molar-refractivity contribution >= 4 is 5.91 Å². The second-order valence-corrected chi connectivity index (χ2v) is 6.43. The Hall–Kier alpha value is -2.27. The number of benzene rings is 1. The van der Waals surface area contributed by atoms with Crippen molar-refractivity contribution < 1.29 is 9.53 Å². The molecule has 1 aliphatic rings. The topological polar surface area (TPSA) is 64.1 Å². The van der Waals surface area contributed by atoms with Gasteiger partial charge in [-0.1, -0.05) is 24.3 Å². The number of rotatable bonds is 4. The second kappa shape index (κ2) is 7.09. The lowest BCUT2D eigenvalue weighted by Crippen LogP contribution is -2.45. The first kappa shape index (κ1) is 16.6. The van der Waals surface area contributed by atoms with Crippen molar-refractivity contribution in [3.8, 4) is 0 Å². The number of hydrogen-bond acceptors (Lipinski definition) is 4. The molecule has 0 unspecified atom stereocenters. The van der Waals surface area contributed by atoms with Crippen molar-refractivity contribution in [2.75, 3.05) is 19.8 Å². The van der Waals surface area contributed by atoms with Crippen molar-refractivity contribution in [1.82, 2.24) is 15.3 Å². The molecule has 2 aromatic rings. The summed E-state index contributed by atoms with van der Waals surface area (Å²) in [5, 5.41) is 3.06. The van der Waals surface area contributed by atoms with Crippen molar-refractivity contribution in [3.63, 3.8) is 0 Å². The van der Waals surface area contributed by atoms with E-state index in [0.29, 0.717) is 25.5 Å². The minimum Gasteiger partial charge on any atom is -0.381 e. The first-order chi connectivity index (χ1) is 11.6. The quantitative estimate of drug-likeness (QED) is 0.938. The summed E-state index contributed by atoms with van der Waals surface area (Å²) < 4.78 is 5.56. The van der Waals surface area contributed by atoms with Crippen molar-refractivity contribution in [2.24, 2.45) is 0 Å². The first-order valence-electron chi connectivity index (χ1n) is 8.31. The van der Waals surface area contributed by atoms with Crippen LogP contribution in [0.1, 0.15) is 40.2 Å². The lowest BCUT2D eigenvalue weighted by atomic mass is 9.72. The Labute approximate surface area is 142 Å². The number of aryl methyl sites for hydroxylation is 2. The van der Waals surface area contributed by atoms with Crippen LogP contribution in [0.5, 0.6) is 0 Å². The van der Waals surface area contributed by atoms with Crippen LogP contribution in [0.3, 0.4) is 0 Å². The van der Waals surface area contributed by atoms with Gasteiger partial charge >= 0.3 is 0 Å². The van der Waals surface area contributed by atoms with Crippen LogP contribution < -0.4 is 5.32 Å². The normalized spacial score (nSPS) is 16.6. The number of nitrogens with one attached hydrogen (secondary N) is 1. The standard InChI is InChI=1S/C19H23N3O2/c1-14-5-3-4-6-16(14)19(7-9-24-10-8-19)13-22-18(23)17-12-20-15(2)11-21-17/h3-6,11-12H,7-10,13H2,1-2H3,(H,22,23). The van der Waals surface area contributed by atoms with Crippen LogP contribution >= 0.6 is 0 Å². The molecule has 0 bridgehead atoms. The number of aromatic nitrogens is 2. The maximum Gasteiger partial charge on any atom is 0.271 e. The average molecular weight is 325 g/mol. The minimum atomic E-state index is -0.179. The van der Waals surface area contributed by atoms with Crippen LogP contribution in [0.15, 0.2) is 36.7 Å². The van der Waals surface area contributed by atoms with E-state index >= 15 is 0 Å². The van der Waals surface area contributed by atoms with E-state index in [4.69, 9.17) is 4.74 Å². The van der Waals surface area contributed by atoms with Gasteiger partial charge in [0.2, 0.25) is 0 Å². The number of amides is 1. The Morgan fingerprint density at radius 1 is 1.17 bits per heavy atom. The molecule has 5 nitrogen and oxygen atoms in total. The highest BCUT2D eigenvalue weighted by Crippen LogP contribution is 2.36. The maximum atomic E-state index is 12.4. The van der Waals surface area contributed by atoms with Crippen molar-refractivity contribution in [1.29, 1.82) is 0 Å². The Kier molecular flexibility index (Phi) is 4.90. The highest BCUT2D eigenvalue weighted by atomic mass is 16.5.